The van der Waals surface area contributed by atoms with Gasteiger partial charge in [-0.15, -0.1) is 0 Å². The first-order valence-electron chi connectivity index (χ1n) is 11.2. The van der Waals surface area contributed by atoms with Crippen molar-refractivity contribution >= 4 is 11.7 Å². The molecule has 0 aliphatic heterocycles. The van der Waals surface area contributed by atoms with E-state index in [-0.39, 0.29) is 29.8 Å². The van der Waals surface area contributed by atoms with Crippen molar-refractivity contribution in [3.8, 4) is 22.9 Å². The van der Waals surface area contributed by atoms with Gasteiger partial charge in [-0.1, -0.05) is 24.2 Å². The maximum Gasteiger partial charge on any atom is 0.426 e. The van der Waals surface area contributed by atoms with Gasteiger partial charge in [0, 0.05) is 18.2 Å². The van der Waals surface area contributed by atoms with Crippen LogP contribution in [0, 0.1) is 11.8 Å². The zero-order valence-electron chi connectivity index (χ0n) is 19.8. The lowest BCUT2D eigenvalue weighted by atomic mass is 9.89. The van der Waals surface area contributed by atoms with E-state index in [1.165, 1.54) is 29.2 Å². The Balaban J connectivity index is 1.61. The highest BCUT2D eigenvalue weighted by molar-refractivity contribution is 5.90. The monoisotopic (exact) mass is 560 g/mol. The Labute approximate surface area is 215 Å². The third-order valence-electron chi connectivity index (χ3n) is 6.02. The standard InChI is InChI=1S/C23H19F7N6O3/c1-12-3-2-4-14(24)13(12)11-36-17(15-6-8-39-35-15)9-16(34-36)20-31-7-5-18(33-20)32-19(37)10-21(38,22(25,26)27)23(28,29)30/h2-9,12-13,38H,10-11H2,1H3,(H,31,32,33,37). The molecule has 4 rings (SSSR count). The first-order valence-corrected chi connectivity index (χ1v) is 11.2. The minimum Gasteiger partial charge on any atom is -0.373 e. The van der Waals surface area contributed by atoms with Crippen molar-refractivity contribution in [3.05, 3.63) is 54.7 Å². The molecule has 39 heavy (non-hydrogen) atoms. The second-order valence-corrected chi connectivity index (χ2v) is 8.73. The van der Waals surface area contributed by atoms with E-state index in [1.807, 2.05) is 13.0 Å². The molecule has 208 valence electrons. The number of aliphatic hydroxyl groups is 1. The largest absolute Gasteiger partial charge is 0.426 e. The van der Waals surface area contributed by atoms with Crippen molar-refractivity contribution in [1.82, 2.24) is 24.9 Å². The number of halogens is 7. The van der Waals surface area contributed by atoms with Crippen LogP contribution in [0.25, 0.3) is 22.9 Å². The summed E-state index contributed by atoms with van der Waals surface area (Å²) in [6.45, 7) is 1.89. The van der Waals surface area contributed by atoms with Crippen molar-refractivity contribution in [3.63, 3.8) is 0 Å². The lowest BCUT2D eigenvalue weighted by Crippen LogP contribution is -2.58. The van der Waals surface area contributed by atoms with Crippen LogP contribution in [0.3, 0.4) is 0 Å². The molecule has 0 radical (unpaired) electrons. The number of alkyl halides is 6. The molecule has 0 saturated heterocycles. The lowest BCUT2D eigenvalue weighted by molar-refractivity contribution is -0.366. The zero-order valence-corrected chi connectivity index (χ0v) is 19.8. The number of allylic oxidation sites excluding steroid dienone is 4. The number of carbonyl (C=O) groups is 1. The first kappa shape index (κ1) is 27.9. The highest BCUT2D eigenvalue weighted by atomic mass is 19.4. The fraction of sp³-hybridized carbons (Fsp3) is 0.348. The Hall–Kier alpha value is -4.08. The number of anilines is 1. The van der Waals surface area contributed by atoms with Gasteiger partial charge in [0.1, 0.15) is 29.3 Å². The van der Waals surface area contributed by atoms with Gasteiger partial charge in [0.25, 0.3) is 5.60 Å². The summed E-state index contributed by atoms with van der Waals surface area (Å²) in [6.07, 6.45) is -7.54. The van der Waals surface area contributed by atoms with E-state index >= 15 is 0 Å². The Kier molecular flexibility index (Phi) is 7.34. The van der Waals surface area contributed by atoms with Crippen LogP contribution in [0.1, 0.15) is 13.3 Å². The molecule has 1 aliphatic carbocycles. The molecule has 1 aliphatic rings. The van der Waals surface area contributed by atoms with Crippen molar-refractivity contribution in [2.45, 2.75) is 37.8 Å². The van der Waals surface area contributed by atoms with Gasteiger partial charge in [0.2, 0.25) is 5.91 Å². The van der Waals surface area contributed by atoms with Gasteiger partial charge in [-0.05, 0) is 24.1 Å². The average molecular weight is 560 g/mol. The minimum atomic E-state index is -6.16. The highest BCUT2D eigenvalue weighted by Crippen LogP contribution is 2.45. The summed E-state index contributed by atoms with van der Waals surface area (Å²) in [5.74, 6) is -3.52. The molecule has 0 fully saturated rings. The zero-order chi connectivity index (χ0) is 28.6. The minimum absolute atomic E-state index is 0.0694. The summed E-state index contributed by atoms with van der Waals surface area (Å²) in [5, 5.41) is 19.3. The van der Waals surface area contributed by atoms with Crippen molar-refractivity contribution in [2.24, 2.45) is 11.8 Å². The Morgan fingerprint density at radius 2 is 1.87 bits per heavy atom. The fourth-order valence-corrected chi connectivity index (χ4v) is 3.82. The smallest absolute Gasteiger partial charge is 0.373 e. The fourth-order valence-electron chi connectivity index (χ4n) is 3.82. The van der Waals surface area contributed by atoms with Gasteiger partial charge in [-0.2, -0.15) is 31.4 Å². The van der Waals surface area contributed by atoms with E-state index in [2.05, 4.69) is 20.2 Å². The van der Waals surface area contributed by atoms with Crippen LogP contribution >= 0.6 is 0 Å². The van der Waals surface area contributed by atoms with E-state index in [4.69, 9.17) is 4.52 Å². The molecule has 16 heteroatoms. The van der Waals surface area contributed by atoms with Crippen LogP contribution < -0.4 is 5.32 Å². The number of nitrogens with one attached hydrogen (secondary N) is 1. The second-order valence-electron chi connectivity index (χ2n) is 8.73. The van der Waals surface area contributed by atoms with Crippen molar-refractivity contribution < 1.29 is 45.2 Å². The SMILES string of the molecule is CC1C=CC=C(F)C1Cn1nc(-c2nccc(NC(=O)CC(O)(C(F)(F)F)C(F)(F)F)n2)cc1-c1ccon1. The first-order chi connectivity index (χ1) is 18.2. The van der Waals surface area contributed by atoms with E-state index in [0.29, 0.717) is 11.4 Å². The average Bonchev–Trinajstić information content (AvgIpc) is 3.50. The van der Waals surface area contributed by atoms with Crippen LogP contribution in [0.5, 0.6) is 0 Å². The van der Waals surface area contributed by atoms with Gasteiger partial charge in [-0.3, -0.25) is 9.48 Å². The van der Waals surface area contributed by atoms with Gasteiger partial charge < -0.3 is 14.9 Å². The molecular formula is C23H19F7N6O3. The van der Waals surface area contributed by atoms with E-state index in [9.17, 15) is 40.6 Å². The topological polar surface area (TPSA) is 119 Å². The third-order valence-corrected chi connectivity index (χ3v) is 6.02. The van der Waals surface area contributed by atoms with Crippen LogP contribution in [0.4, 0.5) is 36.6 Å². The Bertz CT molecular complexity index is 1380. The Morgan fingerprint density at radius 3 is 2.49 bits per heavy atom. The summed E-state index contributed by atoms with van der Waals surface area (Å²) in [4.78, 5) is 20.0. The Morgan fingerprint density at radius 1 is 1.15 bits per heavy atom. The molecule has 3 aromatic heterocycles. The lowest BCUT2D eigenvalue weighted by Gasteiger charge is -2.31. The molecule has 0 aromatic carbocycles. The molecule has 2 unspecified atom stereocenters. The number of hydrogen-bond acceptors (Lipinski definition) is 7. The molecule has 1 amide bonds. The maximum absolute atomic E-state index is 14.5. The molecule has 0 saturated carbocycles. The van der Waals surface area contributed by atoms with Gasteiger partial charge in [0.05, 0.1) is 18.7 Å². The van der Waals surface area contributed by atoms with E-state index < -0.39 is 42.0 Å². The number of hydrogen-bond donors (Lipinski definition) is 2. The molecule has 2 atom stereocenters. The summed E-state index contributed by atoms with van der Waals surface area (Å²) in [6, 6.07) is 4.01. The van der Waals surface area contributed by atoms with E-state index in [0.717, 1.165) is 12.3 Å². The summed E-state index contributed by atoms with van der Waals surface area (Å²) >= 11 is 0. The van der Waals surface area contributed by atoms with Gasteiger partial charge in [0.15, 0.2) is 5.82 Å². The number of amides is 1. The molecule has 0 spiro atoms. The maximum atomic E-state index is 14.5. The third kappa shape index (κ3) is 5.69. The predicted molar refractivity (Wildman–Crippen MR) is 120 cm³/mol. The van der Waals surface area contributed by atoms with Crippen LogP contribution in [0.15, 0.2) is 59.2 Å². The molecule has 2 N–H and O–H groups in total. The van der Waals surface area contributed by atoms with Gasteiger partial charge in [-0.25, -0.2) is 14.4 Å². The van der Waals surface area contributed by atoms with Crippen LogP contribution in [-0.4, -0.2) is 53.9 Å². The molecule has 3 aromatic rings. The molecule has 0 bridgehead atoms. The van der Waals surface area contributed by atoms with Crippen molar-refractivity contribution in [2.75, 3.05) is 5.32 Å². The van der Waals surface area contributed by atoms with Gasteiger partial charge >= 0.3 is 12.4 Å². The number of nitrogens with zero attached hydrogens (tertiary/aromatic N) is 5. The number of aromatic nitrogens is 5. The predicted octanol–water partition coefficient (Wildman–Crippen LogP) is 4.85. The normalized spacial score (nSPS) is 18.2. The summed E-state index contributed by atoms with van der Waals surface area (Å²) in [7, 11) is 0. The van der Waals surface area contributed by atoms with Crippen LogP contribution in [-0.2, 0) is 11.3 Å². The number of carbonyl (C=O) groups excluding carboxylic acids is 1. The van der Waals surface area contributed by atoms with E-state index in [1.54, 1.807) is 11.4 Å². The highest BCUT2D eigenvalue weighted by Gasteiger charge is 2.71. The molecular weight excluding hydrogens is 541 g/mol. The summed E-state index contributed by atoms with van der Waals surface area (Å²) in [5.41, 5.74) is -4.47. The molecule has 3 heterocycles. The second kappa shape index (κ2) is 10.2. The molecule has 9 nitrogen and oxygen atoms in total. The quantitative estimate of drug-likeness (QED) is 0.397. The van der Waals surface area contributed by atoms with Crippen molar-refractivity contribution in [1.29, 1.82) is 0 Å². The van der Waals surface area contributed by atoms with Crippen LogP contribution in [0.2, 0.25) is 0 Å². The number of rotatable bonds is 7. The summed E-state index contributed by atoms with van der Waals surface area (Å²) < 4.78 is 98.4.